The summed E-state index contributed by atoms with van der Waals surface area (Å²) in [5, 5.41) is 0. The van der Waals surface area contributed by atoms with Gasteiger partial charge >= 0.3 is 0 Å². The first-order chi connectivity index (χ1) is 14.3. The lowest BCUT2D eigenvalue weighted by atomic mass is 9.99. The van der Waals surface area contributed by atoms with Crippen LogP contribution in [0.15, 0.2) is 36.9 Å². The van der Waals surface area contributed by atoms with Crippen LogP contribution in [0.4, 0.5) is 8.78 Å². The molecule has 0 saturated carbocycles. The minimum absolute atomic E-state index is 0.0576. The number of piperazine rings is 1. The summed E-state index contributed by atoms with van der Waals surface area (Å²) < 4.78 is 29.2. The number of halogens is 2. The van der Waals surface area contributed by atoms with Crippen LogP contribution in [0.5, 0.6) is 0 Å². The third kappa shape index (κ3) is 4.25. The maximum atomic E-state index is 14.8. The lowest BCUT2D eigenvalue weighted by Crippen LogP contribution is -2.52. The number of amides is 1. The van der Waals surface area contributed by atoms with Gasteiger partial charge in [-0.1, -0.05) is 32.6 Å². The molecule has 1 fully saturated rings. The zero-order valence-corrected chi connectivity index (χ0v) is 18.3. The van der Waals surface area contributed by atoms with Gasteiger partial charge in [-0.15, -0.1) is 0 Å². The van der Waals surface area contributed by atoms with Crippen LogP contribution in [0.25, 0.3) is 5.70 Å². The maximum absolute atomic E-state index is 14.8. The third-order valence-corrected chi connectivity index (χ3v) is 5.98. The Balaban J connectivity index is 1.75. The zero-order chi connectivity index (χ0) is 22.0. The van der Waals surface area contributed by atoms with Crippen molar-refractivity contribution in [1.82, 2.24) is 9.80 Å². The van der Waals surface area contributed by atoms with Gasteiger partial charge in [-0.3, -0.25) is 4.79 Å². The molecule has 0 spiro atoms. The summed E-state index contributed by atoms with van der Waals surface area (Å²) in [5.41, 5.74) is 3.95. The highest BCUT2D eigenvalue weighted by Crippen LogP contribution is 2.29. The van der Waals surface area contributed by atoms with Crippen LogP contribution in [0.1, 0.15) is 53.4 Å². The summed E-state index contributed by atoms with van der Waals surface area (Å²) in [4.78, 5) is 16.6. The fourth-order valence-electron chi connectivity index (χ4n) is 4.19. The molecule has 2 aromatic carbocycles. The van der Waals surface area contributed by atoms with Gasteiger partial charge in [0.15, 0.2) is 0 Å². The Morgan fingerprint density at radius 1 is 1.07 bits per heavy atom. The van der Waals surface area contributed by atoms with Crippen molar-refractivity contribution < 1.29 is 13.6 Å². The highest BCUT2D eigenvalue weighted by atomic mass is 19.1. The molecule has 2 aromatic rings. The van der Waals surface area contributed by atoms with E-state index in [2.05, 4.69) is 6.58 Å². The lowest BCUT2D eigenvalue weighted by molar-refractivity contribution is 0.0613. The van der Waals surface area contributed by atoms with E-state index >= 15 is 0 Å². The van der Waals surface area contributed by atoms with Gasteiger partial charge in [0.05, 0.1) is 5.56 Å². The lowest BCUT2D eigenvalue weighted by Gasteiger charge is -2.42. The molecule has 0 aromatic heterocycles. The monoisotopic (exact) mass is 412 g/mol. The molecule has 1 amide bonds. The van der Waals surface area contributed by atoms with E-state index in [4.69, 9.17) is 0 Å². The number of benzene rings is 2. The topological polar surface area (TPSA) is 23.6 Å². The van der Waals surface area contributed by atoms with Crippen LogP contribution in [0, 0.1) is 18.6 Å². The molecule has 1 saturated heterocycles. The third-order valence-electron chi connectivity index (χ3n) is 5.98. The molecule has 0 aliphatic carbocycles. The van der Waals surface area contributed by atoms with Gasteiger partial charge in [-0.2, -0.15) is 0 Å². The predicted molar refractivity (Wildman–Crippen MR) is 117 cm³/mol. The summed E-state index contributed by atoms with van der Waals surface area (Å²) in [5.74, 6) is -1.05. The van der Waals surface area contributed by atoms with Crippen LogP contribution < -0.4 is 0 Å². The van der Waals surface area contributed by atoms with E-state index in [1.54, 1.807) is 23.1 Å². The Hall–Kier alpha value is -2.69. The van der Waals surface area contributed by atoms with Gasteiger partial charge in [0.1, 0.15) is 11.6 Å². The summed E-state index contributed by atoms with van der Waals surface area (Å²) in [6.45, 7) is 13.4. The van der Waals surface area contributed by atoms with Gasteiger partial charge < -0.3 is 9.80 Å². The van der Waals surface area contributed by atoms with Gasteiger partial charge in [0.2, 0.25) is 0 Å². The summed E-state index contributed by atoms with van der Waals surface area (Å²) in [7, 11) is 0. The molecule has 3 nitrogen and oxygen atoms in total. The second-order valence-corrected chi connectivity index (χ2v) is 8.03. The van der Waals surface area contributed by atoms with Crippen molar-refractivity contribution in [3.63, 3.8) is 0 Å². The number of hydrogen-bond donors (Lipinski definition) is 0. The Kier molecular flexibility index (Phi) is 6.59. The van der Waals surface area contributed by atoms with Crippen molar-refractivity contribution in [1.29, 1.82) is 0 Å². The number of carbonyl (C=O) groups is 1. The van der Waals surface area contributed by atoms with E-state index in [-0.39, 0.29) is 23.3 Å². The van der Waals surface area contributed by atoms with Crippen molar-refractivity contribution in [3.05, 3.63) is 76.4 Å². The molecule has 0 N–H and O–H groups in total. The van der Waals surface area contributed by atoms with Crippen molar-refractivity contribution in [3.8, 4) is 0 Å². The first-order valence-corrected chi connectivity index (χ1v) is 10.6. The van der Waals surface area contributed by atoms with Crippen LogP contribution in [0.3, 0.4) is 0 Å². The molecule has 160 valence electrons. The number of hydrogen-bond acceptors (Lipinski definition) is 2. The van der Waals surface area contributed by atoms with Gasteiger partial charge in [0, 0.05) is 36.9 Å². The van der Waals surface area contributed by atoms with E-state index in [0.717, 1.165) is 29.5 Å². The highest BCUT2D eigenvalue weighted by molar-refractivity contribution is 5.94. The molecule has 1 aliphatic heterocycles. The Bertz CT molecular complexity index is 947. The van der Waals surface area contributed by atoms with Crippen LogP contribution >= 0.6 is 0 Å². The number of rotatable bonds is 5. The van der Waals surface area contributed by atoms with E-state index in [1.807, 2.05) is 38.7 Å². The summed E-state index contributed by atoms with van der Waals surface area (Å²) in [6, 6.07) is 8.31. The molecule has 0 bridgehead atoms. The van der Waals surface area contributed by atoms with Crippen molar-refractivity contribution >= 4 is 11.6 Å². The first-order valence-electron chi connectivity index (χ1n) is 10.6. The maximum Gasteiger partial charge on any atom is 0.256 e. The molecule has 3 rings (SSSR count). The number of aryl methyl sites for hydroxylation is 3. The van der Waals surface area contributed by atoms with Crippen LogP contribution in [-0.2, 0) is 12.8 Å². The molecule has 30 heavy (non-hydrogen) atoms. The minimum atomic E-state index is -0.479. The van der Waals surface area contributed by atoms with Gasteiger partial charge in [-0.25, -0.2) is 8.78 Å². The molecule has 1 unspecified atom stereocenters. The molecular weight excluding hydrogens is 382 g/mol. The van der Waals surface area contributed by atoms with E-state index in [9.17, 15) is 13.6 Å². The number of nitrogens with zero attached hydrogens (tertiary/aromatic N) is 2. The van der Waals surface area contributed by atoms with E-state index < -0.39 is 5.82 Å². The standard InChI is InChI=1S/C25H30F2N2O/c1-6-19-8-9-21(22(26)13-19)25(30)28-10-11-29(17(4)15-28)18(5)24-16(3)12-20(7-2)14-23(24)27/h8-9,12-14,17H,5-7,10-11,15H2,1-4H3. The smallest absolute Gasteiger partial charge is 0.256 e. The largest absolute Gasteiger partial charge is 0.365 e. The molecular formula is C25H30F2N2O. The van der Waals surface area contributed by atoms with Gasteiger partial charge in [0.25, 0.3) is 5.91 Å². The molecule has 1 atom stereocenters. The van der Waals surface area contributed by atoms with Crippen molar-refractivity contribution in [2.75, 3.05) is 19.6 Å². The average molecular weight is 413 g/mol. The molecule has 1 aliphatic rings. The van der Waals surface area contributed by atoms with E-state index in [0.29, 0.717) is 30.9 Å². The highest BCUT2D eigenvalue weighted by Gasteiger charge is 2.30. The SMILES string of the molecule is C=C(c1c(C)cc(CC)cc1F)N1CCN(C(=O)c2ccc(CC)cc2F)CC1C. The first kappa shape index (κ1) is 22.0. The van der Waals surface area contributed by atoms with Crippen LogP contribution in [-0.4, -0.2) is 41.4 Å². The predicted octanol–water partition coefficient (Wildman–Crippen LogP) is 5.22. The summed E-state index contributed by atoms with van der Waals surface area (Å²) in [6.07, 6.45) is 1.50. The van der Waals surface area contributed by atoms with E-state index in [1.165, 1.54) is 6.07 Å². The second-order valence-electron chi connectivity index (χ2n) is 8.03. The molecule has 1 heterocycles. The average Bonchev–Trinajstić information content (AvgIpc) is 2.72. The molecule has 5 heteroatoms. The number of carbonyl (C=O) groups excluding carboxylic acids is 1. The Morgan fingerprint density at radius 2 is 1.73 bits per heavy atom. The molecule has 0 radical (unpaired) electrons. The fraction of sp³-hybridized carbons (Fsp3) is 0.400. The Morgan fingerprint density at radius 3 is 2.30 bits per heavy atom. The van der Waals surface area contributed by atoms with Crippen molar-refractivity contribution in [2.24, 2.45) is 0 Å². The quantitative estimate of drug-likeness (QED) is 0.673. The van der Waals surface area contributed by atoms with Crippen molar-refractivity contribution in [2.45, 2.75) is 46.6 Å². The van der Waals surface area contributed by atoms with Crippen LogP contribution in [0.2, 0.25) is 0 Å². The second kappa shape index (κ2) is 8.99. The summed E-state index contributed by atoms with van der Waals surface area (Å²) >= 11 is 0. The zero-order valence-electron chi connectivity index (χ0n) is 18.3. The normalized spacial score (nSPS) is 16.7. The Labute approximate surface area is 178 Å². The minimum Gasteiger partial charge on any atom is -0.365 e. The van der Waals surface area contributed by atoms with Gasteiger partial charge in [-0.05, 0) is 61.6 Å². The fourth-order valence-corrected chi connectivity index (χ4v) is 4.19.